The van der Waals surface area contributed by atoms with Gasteiger partial charge in [0.1, 0.15) is 12.1 Å². The zero-order valence-corrected chi connectivity index (χ0v) is 12.6. The largest absolute Gasteiger partial charge is 0.383 e. The summed E-state index contributed by atoms with van der Waals surface area (Å²) in [7, 11) is 1.71. The molecule has 2 aromatic heterocycles. The molecule has 2 aromatic rings. The molecule has 0 radical (unpaired) electrons. The van der Waals surface area contributed by atoms with Gasteiger partial charge >= 0.3 is 0 Å². The van der Waals surface area contributed by atoms with Gasteiger partial charge in [-0.05, 0) is 38.0 Å². The minimum Gasteiger partial charge on any atom is -0.383 e. The van der Waals surface area contributed by atoms with Gasteiger partial charge in [0.25, 0.3) is 0 Å². The van der Waals surface area contributed by atoms with Crippen LogP contribution in [0.25, 0.3) is 5.82 Å². The van der Waals surface area contributed by atoms with Crippen LogP contribution in [0.2, 0.25) is 0 Å². The van der Waals surface area contributed by atoms with Crippen molar-refractivity contribution in [2.45, 2.75) is 27.3 Å². The number of hydrogen-bond donors (Lipinski definition) is 1. The minimum absolute atomic E-state index is 0.720. The van der Waals surface area contributed by atoms with Gasteiger partial charge in [0.15, 0.2) is 0 Å². The molecule has 0 aromatic carbocycles. The Balaban J connectivity index is 2.12. The van der Waals surface area contributed by atoms with Crippen LogP contribution in [0, 0.1) is 20.8 Å². The highest BCUT2D eigenvalue weighted by Crippen LogP contribution is 2.16. The van der Waals surface area contributed by atoms with E-state index in [1.54, 1.807) is 7.11 Å². The quantitative estimate of drug-likeness (QED) is 0.818. The Bertz CT molecular complexity index is 577. The Kier molecular flexibility index (Phi) is 4.87. The fraction of sp³-hybridized carbons (Fsp3) is 0.467. The second-order valence-electron chi connectivity index (χ2n) is 4.94. The fourth-order valence-electron chi connectivity index (χ4n) is 2.09. The van der Waals surface area contributed by atoms with E-state index in [1.165, 1.54) is 5.56 Å². The number of aryl methyl sites for hydroxylation is 2. The van der Waals surface area contributed by atoms with Crippen molar-refractivity contribution in [2.75, 3.05) is 20.3 Å². The number of nitrogens with one attached hydrogen (secondary N) is 1. The normalized spacial score (nSPS) is 11.0. The predicted octanol–water partition coefficient (Wildman–Crippen LogP) is 1.93. The molecule has 5 nitrogen and oxygen atoms in total. The first kappa shape index (κ1) is 14.7. The standard InChI is InChI=1S/C15H22N4O/c1-11-7-14(8-16-5-6-20-4)9-17-15(11)19-10-18-12(2)13(19)3/h7,9-10,16H,5-6,8H2,1-4H3. The molecule has 0 saturated carbocycles. The molecular formula is C15H22N4O. The Labute approximate surface area is 120 Å². The minimum atomic E-state index is 0.720. The maximum Gasteiger partial charge on any atom is 0.140 e. The van der Waals surface area contributed by atoms with Gasteiger partial charge in [0.05, 0.1) is 12.3 Å². The molecule has 0 amide bonds. The highest BCUT2D eigenvalue weighted by molar-refractivity contribution is 5.37. The Morgan fingerprint density at radius 1 is 1.25 bits per heavy atom. The highest BCUT2D eigenvalue weighted by atomic mass is 16.5. The van der Waals surface area contributed by atoms with Crippen molar-refractivity contribution in [3.8, 4) is 5.82 Å². The maximum atomic E-state index is 5.01. The average Bonchev–Trinajstić information content (AvgIpc) is 2.76. The van der Waals surface area contributed by atoms with E-state index in [1.807, 2.05) is 24.0 Å². The average molecular weight is 274 g/mol. The van der Waals surface area contributed by atoms with Gasteiger partial charge in [-0.15, -0.1) is 0 Å². The number of nitrogens with zero attached hydrogens (tertiary/aromatic N) is 3. The maximum absolute atomic E-state index is 5.01. The monoisotopic (exact) mass is 274 g/mol. The van der Waals surface area contributed by atoms with Gasteiger partial charge in [-0.3, -0.25) is 4.57 Å². The number of ether oxygens (including phenoxy) is 1. The van der Waals surface area contributed by atoms with Crippen molar-refractivity contribution in [3.63, 3.8) is 0 Å². The van der Waals surface area contributed by atoms with Gasteiger partial charge in [0.2, 0.25) is 0 Å². The predicted molar refractivity (Wildman–Crippen MR) is 79.2 cm³/mol. The Morgan fingerprint density at radius 2 is 2.05 bits per heavy atom. The molecule has 0 fully saturated rings. The summed E-state index contributed by atoms with van der Waals surface area (Å²) in [6, 6.07) is 2.16. The Morgan fingerprint density at radius 3 is 2.65 bits per heavy atom. The van der Waals surface area contributed by atoms with Gasteiger partial charge < -0.3 is 10.1 Å². The molecule has 0 bridgehead atoms. The van der Waals surface area contributed by atoms with Crippen molar-refractivity contribution in [3.05, 3.63) is 41.1 Å². The summed E-state index contributed by atoms with van der Waals surface area (Å²) >= 11 is 0. The van der Waals surface area contributed by atoms with Gasteiger partial charge in [-0.25, -0.2) is 9.97 Å². The van der Waals surface area contributed by atoms with Crippen LogP contribution >= 0.6 is 0 Å². The van der Waals surface area contributed by atoms with Crippen LogP contribution in [0.4, 0.5) is 0 Å². The first-order valence-corrected chi connectivity index (χ1v) is 6.79. The number of methoxy groups -OCH3 is 1. The first-order chi connectivity index (χ1) is 9.63. The lowest BCUT2D eigenvalue weighted by atomic mass is 10.2. The van der Waals surface area contributed by atoms with E-state index >= 15 is 0 Å². The molecule has 0 saturated heterocycles. The molecule has 108 valence electrons. The summed E-state index contributed by atoms with van der Waals surface area (Å²) in [4.78, 5) is 8.90. The molecule has 20 heavy (non-hydrogen) atoms. The molecule has 5 heteroatoms. The van der Waals surface area contributed by atoms with Crippen LogP contribution in [0.15, 0.2) is 18.6 Å². The van der Waals surface area contributed by atoms with Crippen molar-refractivity contribution >= 4 is 0 Å². The van der Waals surface area contributed by atoms with Crippen molar-refractivity contribution in [1.29, 1.82) is 0 Å². The van der Waals surface area contributed by atoms with E-state index < -0.39 is 0 Å². The van der Waals surface area contributed by atoms with Crippen molar-refractivity contribution in [2.24, 2.45) is 0 Å². The van der Waals surface area contributed by atoms with E-state index in [-0.39, 0.29) is 0 Å². The van der Waals surface area contributed by atoms with Crippen molar-refractivity contribution < 1.29 is 4.74 Å². The summed E-state index contributed by atoms with van der Waals surface area (Å²) in [5.41, 5.74) is 4.50. The van der Waals surface area contributed by atoms with Crippen LogP contribution in [-0.2, 0) is 11.3 Å². The van der Waals surface area contributed by atoms with E-state index in [4.69, 9.17) is 4.74 Å². The van der Waals surface area contributed by atoms with Crippen LogP contribution in [0.1, 0.15) is 22.5 Å². The smallest absolute Gasteiger partial charge is 0.140 e. The molecule has 0 unspecified atom stereocenters. The molecule has 0 aliphatic heterocycles. The third-order valence-corrected chi connectivity index (χ3v) is 3.40. The summed E-state index contributed by atoms with van der Waals surface area (Å²) < 4.78 is 7.04. The third kappa shape index (κ3) is 3.23. The lowest BCUT2D eigenvalue weighted by Gasteiger charge is -2.10. The zero-order valence-electron chi connectivity index (χ0n) is 12.6. The molecule has 0 aliphatic rings. The van der Waals surface area contributed by atoms with Gasteiger partial charge in [-0.2, -0.15) is 0 Å². The molecule has 1 N–H and O–H groups in total. The Hall–Kier alpha value is -1.72. The topological polar surface area (TPSA) is 52.0 Å². The number of aromatic nitrogens is 3. The van der Waals surface area contributed by atoms with Crippen LogP contribution in [0.5, 0.6) is 0 Å². The van der Waals surface area contributed by atoms with E-state index in [0.29, 0.717) is 0 Å². The molecule has 0 aliphatic carbocycles. The van der Waals surface area contributed by atoms with E-state index in [9.17, 15) is 0 Å². The second-order valence-corrected chi connectivity index (χ2v) is 4.94. The number of rotatable bonds is 6. The molecular weight excluding hydrogens is 252 g/mol. The van der Waals surface area contributed by atoms with Gasteiger partial charge in [0, 0.05) is 32.1 Å². The molecule has 0 atom stereocenters. The lowest BCUT2D eigenvalue weighted by molar-refractivity contribution is 0.199. The molecule has 2 rings (SSSR count). The van der Waals surface area contributed by atoms with Crippen LogP contribution in [0.3, 0.4) is 0 Å². The lowest BCUT2D eigenvalue weighted by Crippen LogP contribution is -2.18. The van der Waals surface area contributed by atoms with E-state index in [0.717, 1.165) is 42.5 Å². The highest BCUT2D eigenvalue weighted by Gasteiger charge is 2.08. The summed E-state index contributed by atoms with van der Waals surface area (Å²) in [6.07, 6.45) is 3.74. The van der Waals surface area contributed by atoms with Crippen LogP contribution in [-0.4, -0.2) is 34.8 Å². The summed E-state index contributed by atoms with van der Waals surface area (Å²) in [5, 5.41) is 3.32. The third-order valence-electron chi connectivity index (χ3n) is 3.40. The van der Waals surface area contributed by atoms with Gasteiger partial charge in [-0.1, -0.05) is 0 Å². The summed E-state index contributed by atoms with van der Waals surface area (Å²) in [6.45, 7) is 8.52. The fourth-order valence-corrected chi connectivity index (χ4v) is 2.09. The summed E-state index contributed by atoms with van der Waals surface area (Å²) in [5.74, 6) is 0.948. The zero-order chi connectivity index (χ0) is 14.5. The first-order valence-electron chi connectivity index (χ1n) is 6.79. The second kappa shape index (κ2) is 6.63. The SMILES string of the molecule is COCCNCc1cnc(-n2cnc(C)c2C)c(C)c1. The molecule has 0 spiro atoms. The van der Waals surface area contributed by atoms with Crippen LogP contribution < -0.4 is 5.32 Å². The number of imidazole rings is 1. The number of hydrogen-bond acceptors (Lipinski definition) is 4. The van der Waals surface area contributed by atoms with E-state index in [2.05, 4.69) is 35.2 Å². The van der Waals surface area contributed by atoms with Crippen molar-refractivity contribution in [1.82, 2.24) is 19.9 Å². The molecule has 2 heterocycles. The number of pyridine rings is 1.